The Bertz CT molecular complexity index is 1390. The number of Topliss-reactive ketones (excluding diaryl/α,β-unsaturated/α-hetero) is 1. The van der Waals surface area contributed by atoms with Crippen LogP contribution in [0.2, 0.25) is 0 Å². The zero-order chi connectivity index (χ0) is 23.2. The SMILES string of the molecule is CN1CCN(c2ccc(Nc3ncc(-c4cnc5cc(F)ccn45)c4c3C(=O)CC4)cc2)CC1. The minimum absolute atomic E-state index is 0.0840. The highest BCUT2D eigenvalue weighted by atomic mass is 19.1. The number of likely N-dealkylation sites (N-methyl/N-ethyl adjacent to an activating group) is 1. The number of benzene rings is 1. The first-order valence-electron chi connectivity index (χ1n) is 11.6. The molecule has 8 heteroatoms. The van der Waals surface area contributed by atoms with Gasteiger partial charge in [0.05, 0.1) is 17.5 Å². The van der Waals surface area contributed by atoms with E-state index in [1.54, 1.807) is 18.6 Å². The van der Waals surface area contributed by atoms with E-state index in [0.717, 1.165) is 48.7 Å². The third-order valence-corrected chi connectivity index (χ3v) is 6.82. The molecule has 1 fully saturated rings. The fourth-order valence-electron chi connectivity index (χ4n) is 4.90. The Morgan fingerprint density at radius 2 is 1.76 bits per heavy atom. The van der Waals surface area contributed by atoms with Gasteiger partial charge in [0.1, 0.15) is 17.3 Å². The predicted molar refractivity (Wildman–Crippen MR) is 130 cm³/mol. The normalized spacial score (nSPS) is 16.3. The molecule has 1 aliphatic heterocycles. The number of ketones is 1. The van der Waals surface area contributed by atoms with Crippen molar-refractivity contribution in [3.05, 3.63) is 71.9 Å². The lowest BCUT2D eigenvalue weighted by Crippen LogP contribution is -2.44. The van der Waals surface area contributed by atoms with Gasteiger partial charge in [-0.1, -0.05) is 0 Å². The molecule has 6 rings (SSSR count). The van der Waals surface area contributed by atoms with Crippen LogP contribution in [0, 0.1) is 5.82 Å². The van der Waals surface area contributed by atoms with Crippen molar-refractivity contribution in [2.24, 2.45) is 0 Å². The van der Waals surface area contributed by atoms with Crippen LogP contribution in [0.4, 0.5) is 21.6 Å². The minimum atomic E-state index is -0.332. The van der Waals surface area contributed by atoms with Gasteiger partial charge in [0.2, 0.25) is 0 Å². The number of hydrogen-bond donors (Lipinski definition) is 1. The molecule has 0 saturated carbocycles. The summed E-state index contributed by atoms with van der Waals surface area (Å²) < 4.78 is 15.4. The molecule has 4 heterocycles. The highest BCUT2D eigenvalue weighted by Gasteiger charge is 2.28. The summed E-state index contributed by atoms with van der Waals surface area (Å²) in [7, 11) is 2.15. The molecule has 0 spiro atoms. The molecular weight excluding hydrogens is 431 g/mol. The number of carbonyl (C=O) groups is 1. The Labute approximate surface area is 196 Å². The van der Waals surface area contributed by atoms with Gasteiger partial charge in [-0.05, 0) is 49.4 Å². The molecule has 0 amide bonds. The molecule has 172 valence electrons. The number of anilines is 3. The molecule has 0 unspecified atom stereocenters. The summed E-state index contributed by atoms with van der Waals surface area (Å²) in [6.45, 7) is 4.16. The van der Waals surface area contributed by atoms with Crippen molar-refractivity contribution in [1.82, 2.24) is 19.3 Å². The second-order valence-electron chi connectivity index (χ2n) is 8.98. The molecule has 0 radical (unpaired) electrons. The molecular formula is C26H25FN6O. The second kappa shape index (κ2) is 8.22. The van der Waals surface area contributed by atoms with Crippen LogP contribution in [0.15, 0.2) is 55.0 Å². The van der Waals surface area contributed by atoms with Crippen molar-refractivity contribution in [2.75, 3.05) is 43.4 Å². The highest BCUT2D eigenvalue weighted by Crippen LogP contribution is 2.37. The number of aromatic nitrogens is 3. The lowest BCUT2D eigenvalue weighted by Gasteiger charge is -2.34. The maximum atomic E-state index is 13.6. The van der Waals surface area contributed by atoms with Crippen molar-refractivity contribution in [2.45, 2.75) is 12.8 Å². The van der Waals surface area contributed by atoms with E-state index in [0.29, 0.717) is 29.9 Å². The Balaban J connectivity index is 1.31. The van der Waals surface area contributed by atoms with Gasteiger partial charge in [0.15, 0.2) is 5.78 Å². The number of rotatable bonds is 4. The summed E-state index contributed by atoms with van der Waals surface area (Å²) in [6.07, 6.45) is 6.25. The van der Waals surface area contributed by atoms with Crippen LogP contribution in [0.5, 0.6) is 0 Å². The second-order valence-corrected chi connectivity index (χ2v) is 8.98. The Hall–Kier alpha value is -3.78. The Morgan fingerprint density at radius 1 is 0.971 bits per heavy atom. The molecule has 0 bridgehead atoms. The molecule has 1 aliphatic carbocycles. The number of nitrogens with one attached hydrogen (secondary N) is 1. The third kappa shape index (κ3) is 3.60. The van der Waals surface area contributed by atoms with Crippen LogP contribution in [0.3, 0.4) is 0 Å². The number of pyridine rings is 2. The lowest BCUT2D eigenvalue weighted by atomic mass is 10.0. The quantitative estimate of drug-likeness (QED) is 0.498. The summed E-state index contributed by atoms with van der Waals surface area (Å²) in [6, 6.07) is 11.1. The van der Waals surface area contributed by atoms with Crippen molar-refractivity contribution in [3.8, 4) is 11.3 Å². The number of fused-ring (bicyclic) bond motifs is 2. The monoisotopic (exact) mass is 456 g/mol. The third-order valence-electron chi connectivity index (χ3n) is 6.82. The Morgan fingerprint density at radius 3 is 2.56 bits per heavy atom. The molecule has 34 heavy (non-hydrogen) atoms. The zero-order valence-electron chi connectivity index (χ0n) is 19.0. The summed E-state index contributed by atoms with van der Waals surface area (Å²) >= 11 is 0. The smallest absolute Gasteiger partial charge is 0.167 e. The number of piperazine rings is 1. The zero-order valence-corrected chi connectivity index (χ0v) is 19.0. The van der Waals surface area contributed by atoms with E-state index in [9.17, 15) is 9.18 Å². The molecule has 1 N–H and O–H groups in total. The highest BCUT2D eigenvalue weighted by molar-refractivity contribution is 6.06. The van der Waals surface area contributed by atoms with E-state index in [-0.39, 0.29) is 11.6 Å². The molecule has 2 aliphatic rings. The van der Waals surface area contributed by atoms with Crippen LogP contribution in [-0.4, -0.2) is 58.3 Å². The molecule has 1 saturated heterocycles. The van der Waals surface area contributed by atoms with Crippen LogP contribution < -0.4 is 10.2 Å². The van der Waals surface area contributed by atoms with Gasteiger partial charge in [-0.3, -0.25) is 9.20 Å². The first-order chi connectivity index (χ1) is 16.6. The van der Waals surface area contributed by atoms with Gasteiger partial charge in [-0.15, -0.1) is 0 Å². The number of hydrogen-bond acceptors (Lipinski definition) is 6. The first-order valence-corrected chi connectivity index (χ1v) is 11.6. The van der Waals surface area contributed by atoms with Gasteiger partial charge >= 0.3 is 0 Å². The summed E-state index contributed by atoms with van der Waals surface area (Å²) in [4.78, 5) is 26.5. The Kier molecular flexibility index (Phi) is 5.03. The van der Waals surface area contributed by atoms with Crippen molar-refractivity contribution in [3.63, 3.8) is 0 Å². The van der Waals surface area contributed by atoms with Gasteiger partial charge in [0, 0.05) is 68.0 Å². The lowest BCUT2D eigenvalue weighted by molar-refractivity contribution is 0.0995. The van der Waals surface area contributed by atoms with Gasteiger partial charge < -0.3 is 15.1 Å². The van der Waals surface area contributed by atoms with E-state index in [1.165, 1.54) is 17.8 Å². The maximum absolute atomic E-state index is 13.6. The van der Waals surface area contributed by atoms with Crippen LogP contribution in [-0.2, 0) is 6.42 Å². The van der Waals surface area contributed by atoms with Crippen LogP contribution in [0.25, 0.3) is 16.9 Å². The van der Waals surface area contributed by atoms with Gasteiger partial charge in [-0.25, -0.2) is 14.4 Å². The van der Waals surface area contributed by atoms with Crippen molar-refractivity contribution < 1.29 is 9.18 Å². The van der Waals surface area contributed by atoms with E-state index >= 15 is 0 Å². The van der Waals surface area contributed by atoms with Crippen molar-refractivity contribution >= 4 is 28.6 Å². The minimum Gasteiger partial charge on any atom is -0.369 e. The summed E-state index contributed by atoms with van der Waals surface area (Å²) in [5, 5.41) is 3.36. The van der Waals surface area contributed by atoms with Gasteiger partial charge in [0.25, 0.3) is 0 Å². The number of imidazole rings is 1. The van der Waals surface area contributed by atoms with Crippen LogP contribution >= 0.6 is 0 Å². The standard InChI is InChI=1S/C26H25FN6O/c1-31-10-12-32(13-11-31)19-4-2-18(3-5-19)30-26-25-20(6-7-23(25)34)21(15-29-26)22-16-28-24-14-17(27)8-9-33(22)24/h2-5,8-9,14-16H,6-7,10-13H2,1H3,(H,29,30). The largest absolute Gasteiger partial charge is 0.369 e. The van der Waals surface area contributed by atoms with Gasteiger partial charge in [-0.2, -0.15) is 0 Å². The average Bonchev–Trinajstić information content (AvgIpc) is 3.44. The molecule has 3 aromatic heterocycles. The summed E-state index contributed by atoms with van der Waals surface area (Å²) in [5.74, 6) is 0.329. The molecule has 4 aromatic rings. The number of carbonyl (C=O) groups excluding carboxylic acids is 1. The van der Waals surface area contributed by atoms with Crippen molar-refractivity contribution in [1.29, 1.82) is 0 Å². The average molecular weight is 457 g/mol. The maximum Gasteiger partial charge on any atom is 0.167 e. The van der Waals surface area contributed by atoms with Crippen LogP contribution in [0.1, 0.15) is 22.3 Å². The van der Waals surface area contributed by atoms with E-state index in [2.05, 4.69) is 44.3 Å². The number of nitrogens with zero attached hydrogens (tertiary/aromatic N) is 5. The summed E-state index contributed by atoms with van der Waals surface area (Å²) in [5.41, 5.74) is 5.88. The molecule has 1 aromatic carbocycles. The fourth-order valence-corrected chi connectivity index (χ4v) is 4.90. The molecule has 7 nitrogen and oxygen atoms in total. The van der Waals surface area contributed by atoms with E-state index in [1.807, 2.05) is 16.5 Å². The first kappa shape index (κ1) is 20.8. The van der Waals surface area contributed by atoms with E-state index in [4.69, 9.17) is 0 Å². The molecule has 0 atom stereocenters. The predicted octanol–water partition coefficient (Wildman–Crippen LogP) is 4.16. The van der Waals surface area contributed by atoms with E-state index < -0.39 is 0 Å². The fraction of sp³-hybridized carbons (Fsp3) is 0.269. The number of halogens is 1. The topological polar surface area (TPSA) is 65.8 Å².